The van der Waals surface area contributed by atoms with Crippen molar-refractivity contribution in [2.75, 3.05) is 22.5 Å². The van der Waals surface area contributed by atoms with Gasteiger partial charge in [0.1, 0.15) is 0 Å². The van der Waals surface area contributed by atoms with Crippen molar-refractivity contribution in [2.24, 2.45) is 0 Å². The number of thioether (sulfide) groups is 1. The van der Waals surface area contributed by atoms with Crippen molar-refractivity contribution in [3.63, 3.8) is 0 Å². The van der Waals surface area contributed by atoms with E-state index in [1.165, 1.54) is 0 Å². The van der Waals surface area contributed by atoms with Crippen molar-refractivity contribution in [3.8, 4) is 0 Å². The lowest BCUT2D eigenvalue weighted by Crippen LogP contribution is -2.14. The first-order chi connectivity index (χ1) is 9.52. The number of benzene rings is 1. The van der Waals surface area contributed by atoms with Crippen molar-refractivity contribution < 1.29 is 4.79 Å². The highest BCUT2D eigenvalue weighted by atomic mass is 35.5. The maximum Gasteiger partial charge on any atom is 0.234 e. The topological polar surface area (TPSA) is 120 Å². The highest BCUT2D eigenvalue weighted by molar-refractivity contribution is 7.99. The predicted molar refractivity (Wildman–Crippen MR) is 79.5 cm³/mol. The summed E-state index contributed by atoms with van der Waals surface area (Å²) in [6.45, 7) is 0. The number of rotatable bonds is 4. The molecule has 0 aliphatic carbocycles. The van der Waals surface area contributed by atoms with E-state index in [-0.39, 0.29) is 23.6 Å². The van der Waals surface area contributed by atoms with Crippen LogP contribution in [-0.4, -0.2) is 26.6 Å². The molecule has 1 aromatic carbocycles. The molecule has 2 rings (SSSR count). The number of amides is 1. The van der Waals surface area contributed by atoms with Crippen molar-refractivity contribution in [1.29, 1.82) is 0 Å². The number of nitrogens with zero attached hydrogens (tertiary/aromatic N) is 3. The molecule has 0 saturated carbocycles. The van der Waals surface area contributed by atoms with E-state index in [0.717, 1.165) is 11.8 Å². The number of hydrogen-bond donors (Lipinski definition) is 3. The molecule has 20 heavy (non-hydrogen) atoms. The molecule has 104 valence electrons. The number of nitrogens with one attached hydrogen (secondary N) is 1. The third-order valence-electron chi connectivity index (χ3n) is 2.11. The summed E-state index contributed by atoms with van der Waals surface area (Å²) < 4.78 is 0. The molecule has 0 fully saturated rings. The van der Waals surface area contributed by atoms with Crippen LogP contribution < -0.4 is 16.8 Å². The Kier molecular flexibility index (Phi) is 4.59. The minimum Gasteiger partial charge on any atom is -0.368 e. The Labute approximate surface area is 124 Å². The molecule has 0 aliphatic heterocycles. The van der Waals surface area contributed by atoms with Crippen LogP contribution in [0.2, 0.25) is 5.02 Å². The SMILES string of the molecule is Nc1nc(N)nc(SCC(=O)Nc2ccc(Cl)cc2)n1. The number of carbonyl (C=O) groups is 1. The number of nitrogen functional groups attached to an aromatic ring is 2. The Morgan fingerprint density at radius 3 is 2.35 bits per heavy atom. The summed E-state index contributed by atoms with van der Waals surface area (Å²) in [4.78, 5) is 23.1. The quantitative estimate of drug-likeness (QED) is 0.730. The first kappa shape index (κ1) is 14.4. The second-order valence-corrected chi connectivity index (χ2v) is 5.06. The zero-order valence-corrected chi connectivity index (χ0v) is 11.8. The molecule has 0 bridgehead atoms. The van der Waals surface area contributed by atoms with Gasteiger partial charge in [-0.1, -0.05) is 23.4 Å². The fourth-order valence-electron chi connectivity index (χ4n) is 1.31. The van der Waals surface area contributed by atoms with Gasteiger partial charge in [-0.15, -0.1) is 0 Å². The van der Waals surface area contributed by atoms with Crippen LogP contribution in [0.4, 0.5) is 17.6 Å². The Morgan fingerprint density at radius 1 is 1.15 bits per heavy atom. The summed E-state index contributed by atoms with van der Waals surface area (Å²) in [6.07, 6.45) is 0. The third-order valence-corrected chi connectivity index (χ3v) is 3.21. The first-order valence-electron chi connectivity index (χ1n) is 5.48. The molecule has 0 saturated heterocycles. The van der Waals surface area contributed by atoms with Crippen molar-refractivity contribution >= 4 is 46.9 Å². The highest BCUT2D eigenvalue weighted by Gasteiger charge is 2.07. The van der Waals surface area contributed by atoms with Gasteiger partial charge in [0, 0.05) is 10.7 Å². The van der Waals surface area contributed by atoms with E-state index < -0.39 is 0 Å². The van der Waals surface area contributed by atoms with Gasteiger partial charge in [-0.3, -0.25) is 4.79 Å². The lowest BCUT2D eigenvalue weighted by Gasteiger charge is -2.05. The molecular formula is C11H11ClN6OS. The molecule has 0 atom stereocenters. The van der Waals surface area contributed by atoms with E-state index in [1.54, 1.807) is 24.3 Å². The normalized spacial score (nSPS) is 10.2. The summed E-state index contributed by atoms with van der Waals surface area (Å²) in [5.74, 6) is -0.0167. The van der Waals surface area contributed by atoms with Gasteiger partial charge in [0.05, 0.1) is 5.75 Å². The third kappa shape index (κ3) is 4.25. The number of anilines is 3. The molecule has 7 nitrogen and oxygen atoms in total. The zero-order valence-electron chi connectivity index (χ0n) is 10.2. The van der Waals surface area contributed by atoms with E-state index >= 15 is 0 Å². The van der Waals surface area contributed by atoms with Gasteiger partial charge in [-0.2, -0.15) is 15.0 Å². The summed E-state index contributed by atoms with van der Waals surface area (Å²) in [7, 11) is 0. The van der Waals surface area contributed by atoms with Crippen LogP contribution in [-0.2, 0) is 4.79 Å². The van der Waals surface area contributed by atoms with E-state index in [4.69, 9.17) is 23.1 Å². The standard InChI is InChI=1S/C11H11ClN6OS/c12-6-1-3-7(4-2-6)15-8(19)5-20-11-17-9(13)16-10(14)18-11/h1-4H,5H2,(H,15,19)(H4,13,14,16,17,18). The Hall–Kier alpha value is -2.06. The fraction of sp³-hybridized carbons (Fsp3) is 0.0909. The van der Waals surface area contributed by atoms with Crippen LogP contribution in [0.3, 0.4) is 0 Å². The Balaban J connectivity index is 1.90. The van der Waals surface area contributed by atoms with Crippen LogP contribution in [0.25, 0.3) is 0 Å². The summed E-state index contributed by atoms with van der Waals surface area (Å²) in [5.41, 5.74) is 11.5. The van der Waals surface area contributed by atoms with Crippen molar-refractivity contribution in [1.82, 2.24) is 15.0 Å². The molecule has 0 unspecified atom stereocenters. The van der Waals surface area contributed by atoms with Crippen LogP contribution in [0.15, 0.2) is 29.4 Å². The minimum absolute atomic E-state index is 0.0260. The van der Waals surface area contributed by atoms with E-state index in [0.29, 0.717) is 15.9 Å². The lowest BCUT2D eigenvalue weighted by molar-refractivity contribution is -0.113. The molecule has 1 amide bonds. The average molecular weight is 311 g/mol. The van der Waals surface area contributed by atoms with Gasteiger partial charge < -0.3 is 16.8 Å². The smallest absolute Gasteiger partial charge is 0.234 e. The molecule has 0 spiro atoms. The van der Waals surface area contributed by atoms with Crippen LogP contribution in [0.1, 0.15) is 0 Å². The van der Waals surface area contributed by atoms with Crippen LogP contribution >= 0.6 is 23.4 Å². The summed E-state index contributed by atoms with van der Waals surface area (Å²) in [6, 6.07) is 6.81. The molecule has 0 aliphatic rings. The molecule has 0 radical (unpaired) electrons. The molecular weight excluding hydrogens is 300 g/mol. The van der Waals surface area contributed by atoms with Crippen molar-refractivity contribution in [3.05, 3.63) is 29.3 Å². The number of aromatic nitrogens is 3. The number of hydrogen-bond acceptors (Lipinski definition) is 7. The van der Waals surface area contributed by atoms with Crippen LogP contribution in [0, 0.1) is 0 Å². The maximum atomic E-state index is 11.7. The number of carbonyl (C=O) groups excluding carboxylic acids is 1. The second-order valence-electron chi connectivity index (χ2n) is 3.68. The number of nitrogens with two attached hydrogens (primary N) is 2. The Morgan fingerprint density at radius 2 is 1.75 bits per heavy atom. The first-order valence-corrected chi connectivity index (χ1v) is 6.84. The second kappa shape index (κ2) is 6.40. The van der Waals surface area contributed by atoms with E-state index in [1.807, 2.05) is 0 Å². The van der Waals surface area contributed by atoms with Crippen molar-refractivity contribution in [2.45, 2.75) is 5.16 Å². The molecule has 5 N–H and O–H groups in total. The fourth-order valence-corrected chi connectivity index (χ4v) is 2.09. The monoisotopic (exact) mass is 310 g/mol. The van der Waals surface area contributed by atoms with Gasteiger partial charge in [0.15, 0.2) is 5.16 Å². The largest absolute Gasteiger partial charge is 0.368 e. The number of halogens is 1. The molecule has 1 aromatic heterocycles. The molecule has 9 heteroatoms. The molecule has 2 aromatic rings. The van der Waals surface area contributed by atoms with Gasteiger partial charge in [0.25, 0.3) is 0 Å². The van der Waals surface area contributed by atoms with Gasteiger partial charge in [0.2, 0.25) is 17.8 Å². The maximum absolute atomic E-state index is 11.7. The zero-order chi connectivity index (χ0) is 14.5. The highest BCUT2D eigenvalue weighted by Crippen LogP contribution is 2.16. The lowest BCUT2D eigenvalue weighted by atomic mass is 10.3. The average Bonchev–Trinajstić information content (AvgIpc) is 2.38. The van der Waals surface area contributed by atoms with Gasteiger partial charge in [-0.25, -0.2) is 0 Å². The summed E-state index contributed by atoms with van der Waals surface area (Å²) >= 11 is 6.88. The van der Waals surface area contributed by atoms with Gasteiger partial charge >= 0.3 is 0 Å². The van der Waals surface area contributed by atoms with Gasteiger partial charge in [-0.05, 0) is 24.3 Å². The summed E-state index contributed by atoms with van der Waals surface area (Å²) in [5, 5.41) is 3.63. The van der Waals surface area contributed by atoms with Crippen LogP contribution in [0.5, 0.6) is 0 Å². The van der Waals surface area contributed by atoms with E-state index in [9.17, 15) is 4.79 Å². The predicted octanol–water partition coefficient (Wildman–Crippen LogP) is 1.42. The molecule has 1 heterocycles. The minimum atomic E-state index is -0.199. The van der Waals surface area contributed by atoms with E-state index in [2.05, 4.69) is 20.3 Å². The Bertz CT molecular complexity index is 601.